The summed E-state index contributed by atoms with van der Waals surface area (Å²) < 4.78 is 16.2. The van der Waals surface area contributed by atoms with Gasteiger partial charge >= 0.3 is 0 Å². The molecule has 0 spiro atoms. The second kappa shape index (κ2) is 6.78. The van der Waals surface area contributed by atoms with Crippen molar-refractivity contribution in [3.63, 3.8) is 0 Å². The Kier molecular flexibility index (Phi) is 4.58. The van der Waals surface area contributed by atoms with Gasteiger partial charge in [-0.3, -0.25) is 4.68 Å². The van der Waals surface area contributed by atoms with E-state index in [-0.39, 0.29) is 11.6 Å². The number of carbonyl (C=O) groups is 1. The van der Waals surface area contributed by atoms with Gasteiger partial charge in [0.2, 0.25) is 0 Å². The molecule has 140 valence electrons. The van der Waals surface area contributed by atoms with Gasteiger partial charge in [-0.2, -0.15) is 5.10 Å². The maximum atomic E-state index is 14.6. The highest BCUT2D eigenvalue weighted by molar-refractivity contribution is 6.42. The number of benzene rings is 2. The van der Waals surface area contributed by atoms with Crippen molar-refractivity contribution in [1.29, 1.82) is 0 Å². The number of aldehydes is 1. The number of hydrogen-bond acceptors (Lipinski definition) is 4. The molecule has 2 aromatic carbocycles. The molecule has 1 aromatic heterocycles. The van der Waals surface area contributed by atoms with Crippen LogP contribution in [0.2, 0.25) is 10.0 Å². The zero-order valence-electron chi connectivity index (χ0n) is 14.5. The summed E-state index contributed by atoms with van der Waals surface area (Å²) in [5.41, 5.74) is 2.14. The molecule has 0 unspecified atom stereocenters. The van der Waals surface area contributed by atoms with E-state index in [2.05, 4.69) is 15.7 Å². The van der Waals surface area contributed by atoms with Crippen LogP contribution in [0.1, 0.15) is 11.3 Å². The van der Waals surface area contributed by atoms with Crippen LogP contribution in [0.15, 0.2) is 30.3 Å². The second-order valence-corrected chi connectivity index (χ2v) is 7.48. The van der Waals surface area contributed by atoms with Crippen LogP contribution in [0.3, 0.4) is 0 Å². The van der Waals surface area contributed by atoms with E-state index in [1.165, 1.54) is 12.1 Å². The molecule has 3 aromatic rings. The first-order valence-electron chi connectivity index (χ1n) is 8.49. The molecule has 0 bridgehead atoms. The molecule has 27 heavy (non-hydrogen) atoms. The molecule has 0 amide bonds. The van der Waals surface area contributed by atoms with E-state index in [1.807, 2.05) is 25.1 Å². The quantitative estimate of drug-likeness (QED) is 0.498. The minimum atomic E-state index is -0.694. The minimum absolute atomic E-state index is 0.209. The molecular weight excluding hydrogens is 390 g/mol. The Balaban J connectivity index is 1.74. The first kappa shape index (κ1) is 18.2. The Hall–Kier alpha value is -2.15. The lowest BCUT2D eigenvalue weighted by Crippen LogP contribution is -2.62. The number of hydrogen-bond donors (Lipinski definition) is 2. The predicted molar refractivity (Wildman–Crippen MR) is 105 cm³/mol. The fourth-order valence-corrected chi connectivity index (χ4v) is 4.03. The largest absolute Gasteiger partial charge is 0.373 e. The molecule has 5 nitrogen and oxygen atoms in total. The van der Waals surface area contributed by atoms with Gasteiger partial charge in [0.15, 0.2) is 0 Å². The summed E-state index contributed by atoms with van der Waals surface area (Å²) in [5.74, 6) is -0.398. The molecule has 0 atom stereocenters. The SMILES string of the molecule is Cc1c2ccc(NC3(c4c(F)ccc(Cl)c4Cl)CNC3)cc2nn1CC=O. The van der Waals surface area contributed by atoms with Crippen molar-refractivity contribution in [3.05, 3.63) is 57.5 Å². The Labute approximate surface area is 165 Å². The number of nitrogens with zero attached hydrogens (tertiary/aromatic N) is 2. The first-order valence-corrected chi connectivity index (χ1v) is 9.24. The van der Waals surface area contributed by atoms with E-state index in [1.54, 1.807) is 4.68 Å². The summed E-state index contributed by atoms with van der Waals surface area (Å²) in [7, 11) is 0. The van der Waals surface area contributed by atoms with Crippen LogP contribution in [0.5, 0.6) is 0 Å². The zero-order chi connectivity index (χ0) is 19.2. The average Bonchev–Trinajstić information content (AvgIpc) is 2.92. The van der Waals surface area contributed by atoms with Gasteiger partial charge in [-0.05, 0) is 37.3 Å². The van der Waals surface area contributed by atoms with Crippen LogP contribution in [-0.4, -0.2) is 29.2 Å². The average molecular weight is 407 g/mol. The molecule has 2 heterocycles. The number of fused-ring (bicyclic) bond motifs is 1. The lowest BCUT2D eigenvalue weighted by Gasteiger charge is -2.45. The van der Waals surface area contributed by atoms with E-state index in [4.69, 9.17) is 23.2 Å². The van der Waals surface area contributed by atoms with Crippen LogP contribution < -0.4 is 10.6 Å². The molecule has 1 saturated heterocycles. The van der Waals surface area contributed by atoms with Crippen LogP contribution in [0.4, 0.5) is 10.1 Å². The van der Waals surface area contributed by atoms with Gasteiger partial charge in [-0.25, -0.2) is 4.39 Å². The maximum absolute atomic E-state index is 14.6. The van der Waals surface area contributed by atoms with E-state index < -0.39 is 11.4 Å². The van der Waals surface area contributed by atoms with Crippen LogP contribution >= 0.6 is 23.2 Å². The Morgan fingerprint density at radius 2 is 2.11 bits per heavy atom. The van der Waals surface area contributed by atoms with E-state index in [9.17, 15) is 9.18 Å². The fraction of sp³-hybridized carbons (Fsp3) is 0.263. The van der Waals surface area contributed by atoms with Gasteiger partial charge in [-0.15, -0.1) is 0 Å². The molecule has 4 rings (SSSR count). The van der Waals surface area contributed by atoms with E-state index >= 15 is 0 Å². The molecule has 0 saturated carbocycles. The maximum Gasteiger partial charge on any atom is 0.141 e. The van der Waals surface area contributed by atoms with E-state index in [0.29, 0.717) is 23.7 Å². The first-order chi connectivity index (χ1) is 12.9. The Morgan fingerprint density at radius 3 is 2.78 bits per heavy atom. The molecule has 2 N–H and O–H groups in total. The summed E-state index contributed by atoms with van der Waals surface area (Å²) in [4.78, 5) is 10.8. The van der Waals surface area contributed by atoms with Gasteiger partial charge in [0.05, 0.1) is 27.6 Å². The Morgan fingerprint density at radius 1 is 1.33 bits per heavy atom. The van der Waals surface area contributed by atoms with Crippen molar-refractivity contribution >= 4 is 46.1 Å². The monoisotopic (exact) mass is 406 g/mol. The van der Waals surface area contributed by atoms with Gasteiger partial charge in [0, 0.05) is 35.4 Å². The molecule has 8 heteroatoms. The second-order valence-electron chi connectivity index (χ2n) is 6.69. The summed E-state index contributed by atoms with van der Waals surface area (Å²) in [6.07, 6.45) is 0.816. The zero-order valence-corrected chi connectivity index (χ0v) is 16.0. The highest BCUT2D eigenvalue weighted by Crippen LogP contribution is 2.40. The molecule has 1 fully saturated rings. The number of aromatic nitrogens is 2. The van der Waals surface area contributed by atoms with Crippen molar-refractivity contribution in [1.82, 2.24) is 15.1 Å². The number of halogens is 3. The smallest absolute Gasteiger partial charge is 0.141 e. The highest BCUT2D eigenvalue weighted by atomic mass is 35.5. The summed E-state index contributed by atoms with van der Waals surface area (Å²) in [5, 5.41) is 12.6. The van der Waals surface area contributed by atoms with Gasteiger partial charge in [0.1, 0.15) is 12.1 Å². The van der Waals surface area contributed by atoms with Gasteiger partial charge < -0.3 is 15.4 Å². The van der Waals surface area contributed by atoms with Crippen molar-refractivity contribution in [2.45, 2.75) is 19.0 Å². The normalized spacial score (nSPS) is 15.6. The molecule has 0 radical (unpaired) electrons. The number of nitrogens with one attached hydrogen (secondary N) is 2. The fourth-order valence-electron chi connectivity index (χ4n) is 3.54. The van der Waals surface area contributed by atoms with Gasteiger partial charge in [0.25, 0.3) is 0 Å². The lowest BCUT2D eigenvalue weighted by atomic mass is 9.83. The number of carbonyl (C=O) groups excluding carboxylic acids is 1. The van der Waals surface area contributed by atoms with Crippen molar-refractivity contribution in [2.75, 3.05) is 18.4 Å². The summed E-state index contributed by atoms with van der Waals surface area (Å²) in [6, 6.07) is 8.53. The minimum Gasteiger partial charge on any atom is -0.373 e. The van der Waals surface area contributed by atoms with Crippen LogP contribution in [-0.2, 0) is 16.9 Å². The lowest BCUT2D eigenvalue weighted by molar-refractivity contribution is -0.108. The van der Waals surface area contributed by atoms with Crippen molar-refractivity contribution < 1.29 is 9.18 Å². The molecule has 0 aliphatic carbocycles. The number of anilines is 1. The standard InChI is InChI=1S/C19H17Cl2FN4O/c1-11-13-3-2-12(8-16(13)25-26(11)6-7-27)24-19(9-23-10-19)17-15(22)5-4-14(20)18(17)21/h2-5,7-8,23-24H,6,9-10H2,1H3. The summed E-state index contributed by atoms with van der Waals surface area (Å²) >= 11 is 12.4. The third kappa shape index (κ3) is 2.98. The highest BCUT2D eigenvalue weighted by Gasteiger charge is 2.43. The third-order valence-corrected chi connectivity index (χ3v) is 5.81. The number of rotatable bonds is 5. The van der Waals surface area contributed by atoms with Crippen LogP contribution in [0, 0.1) is 12.7 Å². The van der Waals surface area contributed by atoms with Gasteiger partial charge in [-0.1, -0.05) is 23.2 Å². The van der Waals surface area contributed by atoms with Crippen molar-refractivity contribution in [3.8, 4) is 0 Å². The third-order valence-electron chi connectivity index (χ3n) is 5.01. The molecule has 1 aliphatic heterocycles. The Bertz CT molecular complexity index is 1050. The number of aryl methyl sites for hydroxylation is 1. The van der Waals surface area contributed by atoms with Crippen LogP contribution in [0.25, 0.3) is 10.9 Å². The van der Waals surface area contributed by atoms with Crippen molar-refractivity contribution in [2.24, 2.45) is 0 Å². The predicted octanol–water partition coefficient (Wildman–Crippen LogP) is 3.90. The summed E-state index contributed by atoms with van der Waals surface area (Å²) in [6.45, 7) is 3.16. The molecular formula is C19H17Cl2FN4O. The topological polar surface area (TPSA) is 59.0 Å². The van der Waals surface area contributed by atoms with E-state index in [0.717, 1.165) is 28.6 Å². The molecule has 1 aliphatic rings.